The number of hydrogen-bond donors (Lipinski definition) is 1. The maximum Gasteiger partial charge on any atom is 0.257 e. The molecule has 1 saturated heterocycles. The molecule has 1 N–H and O–H groups in total. The van der Waals surface area contributed by atoms with Gasteiger partial charge in [0.15, 0.2) is 9.84 Å². The molecule has 0 bridgehead atoms. The van der Waals surface area contributed by atoms with Crippen LogP contribution in [0.5, 0.6) is 0 Å². The Hall–Kier alpha value is -1.70. The highest BCUT2D eigenvalue weighted by atomic mass is 32.2. The van der Waals surface area contributed by atoms with Crippen LogP contribution in [0.2, 0.25) is 0 Å². The van der Waals surface area contributed by atoms with E-state index in [1.54, 1.807) is 4.90 Å². The molecule has 1 aromatic heterocycles. The van der Waals surface area contributed by atoms with Gasteiger partial charge in [-0.05, 0) is 19.8 Å². The molecule has 1 aromatic rings. The highest BCUT2D eigenvalue weighted by molar-refractivity contribution is 7.91. The lowest BCUT2D eigenvalue weighted by Gasteiger charge is -2.26. The van der Waals surface area contributed by atoms with Gasteiger partial charge in [-0.25, -0.2) is 18.4 Å². The highest BCUT2D eigenvalue weighted by Crippen LogP contribution is 2.19. The van der Waals surface area contributed by atoms with E-state index in [1.165, 1.54) is 12.4 Å². The van der Waals surface area contributed by atoms with Crippen molar-refractivity contribution in [3.05, 3.63) is 18.0 Å². The number of carbonyl (C=O) groups excluding carboxylic acids is 1. The Morgan fingerprint density at radius 2 is 2.04 bits per heavy atom. The van der Waals surface area contributed by atoms with E-state index in [2.05, 4.69) is 22.2 Å². The minimum Gasteiger partial charge on any atom is -0.354 e. The van der Waals surface area contributed by atoms with E-state index in [9.17, 15) is 13.2 Å². The van der Waals surface area contributed by atoms with Crippen LogP contribution in [-0.2, 0) is 9.84 Å². The Bertz CT molecular complexity index is 631. The molecule has 1 aliphatic rings. The van der Waals surface area contributed by atoms with Gasteiger partial charge in [0.05, 0.1) is 17.1 Å². The first-order chi connectivity index (χ1) is 11.0. The molecule has 0 aromatic carbocycles. The molecular formula is C15H24N4O3S. The number of sulfone groups is 1. The molecule has 0 spiro atoms. The monoisotopic (exact) mass is 340 g/mol. The molecule has 1 fully saturated rings. The predicted molar refractivity (Wildman–Crippen MR) is 89.2 cm³/mol. The van der Waals surface area contributed by atoms with Crippen molar-refractivity contribution in [2.75, 3.05) is 29.9 Å². The Balaban J connectivity index is 2.03. The van der Waals surface area contributed by atoms with E-state index in [4.69, 9.17) is 0 Å². The number of aromatic nitrogens is 2. The summed E-state index contributed by atoms with van der Waals surface area (Å²) in [4.78, 5) is 22.5. The van der Waals surface area contributed by atoms with Gasteiger partial charge in [-0.3, -0.25) is 4.79 Å². The van der Waals surface area contributed by atoms with E-state index < -0.39 is 9.84 Å². The van der Waals surface area contributed by atoms with Crippen molar-refractivity contribution in [3.63, 3.8) is 0 Å². The Morgan fingerprint density at radius 1 is 1.35 bits per heavy atom. The molecule has 1 aliphatic heterocycles. The van der Waals surface area contributed by atoms with Crippen LogP contribution in [0, 0.1) is 0 Å². The second kappa shape index (κ2) is 7.72. The zero-order valence-electron chi connectivity index (χ0n) is 13.7. The average molecular weight is 340 g/mol. The summed E-state index contributed by atoms with van der Waals surface area (Å²) in [6.45, 7) is 5.22. The normalized spacial score (nSPS) is 19.5. The third kappa shape index (κ3) is 4.63. The van der Waals surface area contributed by atoms with Crippen LogP contribution in [-0.4, -0.2) is 59.8 Å². The summed E-state index contributed by atoms with van der Waals surface area (Å²) < 4.78 is 23.2. The van der Waals surface area contributed by atoms with Crippen molar-refractivity contribution in [1.29, 1.82) is 0 Å². The zero-order chi connectivity index (χ0) is 16.9. The van der Waals surface area contributed by atoms with Gasteiger partial charge in [0, 0.05) is 31.5 Å². The molecule has 0 saturated carbocycles. The number of hydrogen-bond acceptors (Lipinski definition) is 6. The van der Waals surface area contributed by atoms with Gasteiger partial charge in [0.2, 0.25) is 5.95 Å². The summed E-state index contributed by atoms with van der Waals surface area (Å²) in [5.74, 6) is 0.485. The Labute approximate surface area is 137 Å². The number of nitrogens with one attached hydrogen (secondary N) is 1. The van der Waals surface area contributed by atoms with Crippen LogP contribution in [0.15, 0.2) is 12.4 Å². The standard InChI is InChI=1S/C15H24N4O3S/c1-3-5-7-16-15-17-9-12(10-18-15)14(20)19(4-2)13-6-8-23(21,22)11-13/h9-10,13H,3-8,11H2,1-2H3,(H,16,17,18). The maximum absolute atomic E-state index is 12.6. The van der Waals surface area contributed by atoms with Crippen LogP contribution in [0.25, 0.3) is 0 Å². The van der Waals surface area contributed by atoms with Gasteiger partial charge in [-0.2, -0.15) is 0 Å². The van der Waals surface area contributed by atoms with Gasteiger partial charge in [-0.15, -0.1) is 0 Å². The fourth-order valence-corrected chi connectivity index (χ4v) is 4.39. The maximum atomic E-state index is 12.6. The third-order valence-electron chi connectivity index (χ3n) is 3.96. The lowest BCUT2D eigenvalue weighted by Crippen LogP contribution is -2.41. The van der Waals surface area contributed by atoms with E-state index in [0.717, 1.165) is 19.4 Å². The average Bonchev–Trinajstić information content (AvgIpc) is 2.89. The molecule has 23 heavy (non-hydrogen) atoms. The first-order valence-electron chi connectivity index (χ1n) is 8.04. The van der Waals surface area contributed by atoms with Crippen molar-refractivity contribution in [3.8, 4) is 0 Å². The van der Waals surface area contributed by atoms with Crippen LogP contribution in [0.1, 0.15) is 43.5 Å². The molecule has 7 nitrogen and oxygen atoms in total. The smallest absolute Gasteiger partial charge is 0.257 e. The van der Waals surface area contributed by atoms with E-state index in [0.29, 0.717) is 24.5 Å². The quantitative estimate of drug-likeness (QED) is 0.753. The van der Waals surface area contributed by atoms with Crippen molar-refractivity contribution in [2.45, 2.75) is 39.2 Å². The lowest BCUT2D eigenvalue weighted by molar-refractivity contribution is 0.0707. The molecule has 8 heteroatoms. The molecular weight excluding hydrogens is 316 g/mol. The Kier molecular flexibility index (Phi) is 5.92. The number of nitrogens with zero attached hydrogens (tertiary/aromatic N) is 3. The van der Waals surface area contributed by atoms with E-state index in [-0.39, 0.29) is 23.5 Å². The van der Waals surface area contributed by atoms with Crippen LogP contribution < -0.4 is 5.32 Å². The lowest BCUT2D eigenvalue weighted by atomic mass is 10.2. The summed E-state index contributed by atoms with van der Waals surface area (Å²) in [5, 5.41) is 3.09. The number of amides is 1. The number of anilines is 1. The fourth-order valence-electron chi connectivity index (χ4n) is 2.66. The van der Waals surface area contributed by atoms with E-state index >= 15 is 0 Å². The minimum absolute atomic E-state index is 0.0457. The van der Waals surface area contributed by atoms with Gasteiger partial charge in [0.1, 0.15) is 0 Å². The zero-order valence-corrected chi connectivity index (χ0v) is 14.5. The molecule has 0 radical (unpaired) electrons. The van der Waals surface area contributed by atoms with Gasteiger partial charge >= 0.3 is 0 Å². The highest BCUT2D eigenvalue weighted by Gasteiger charge is 2.34. The summed E-state index contributed by atoms with van der Waals surface area (Å²) in [5.41, 5.74) is 0.386. The molecule has 128 valence electrons. The first-order valence-corrected chi connectivity index (χ1v) is 9.86. The van der Waals surface area contributed by atoms with Crippen LogP contribution >= 0.6 is 0 Å². The number of rotatable bonds is 7. The van der Waals surface area contributed by atoms with Gasteiger partial charge in [0.25, 0.3) is 5.91 Å². The van der Waals surface area contributed by atoms with Crippen molar-refractivity contribution < 1.29 is 13.2 Å². The number of carbonyl (C=O) groups is 1. The summed E-state index contributed by atoms with van der Waals surface area (Å²) >= 11 is 0. The molecule has 2 rings (SSSR count). The second-order valence-corrected chi connectivity index (χ2v) is 7.95. The molecule has 1 unspecified atom stereocenters. The van der Waals surface area contributed by atoms with Crippen molar-refractivity contribution in [2.24, 2.45) is 0 Å². The topological polar surface area (TPSA) is 92.3 Å². The molecule has 1 atom stereocenters. The SMILES string of the molecule is CCCCNc1ncc(C(=O)N(CC)C2CCS(=O)(=O)C2)cn1. The van der Waals surface area contributed by atoms with Crippen LogP contribution in [0.3, 0.4) is 0 Å². The molecule has 1 amide bonds. The predicted octanol–water partition coefficient (Wildman–Crippen LogP) is 1.34. The van der Waals surface area contributed by atoms with Crippen molar-refractivity contribution >= 4 is 21.7 Å². The van der Waals surface area contributed by atoms with Gasteiger partial charge < -0.3 is 10.2 Å². The molecule has 0 aliphatic carbocycles. The van der Waals surface area contributed by atoms with Crippen LogP contribution in [0.4, 0.5) is 5.95 Å². The summed E-state index contributed by atoms with van der Waals surface area (Å²) in [7, 11) is -3.02. The fraction of sp³-hybridized carbons (Fsp3) is 0.667. The second-order valence-electron chi connectivity index (χ2n) is 5.72. The minimum atomic E-state index is -3.02. The molecule has 2 heterocycles. The summed E-state index contributed by atoms with van der Waals surface area (Å²) in [6, 6.07) is -0.250. The largest absolute Gasteiger partial charge is 0.354 e. The first kappa shape index (κ1) is 17.7. The van der Waals surface area contributed by atoms with Crippen molar-refractivity contribution in [1.82, 2.24) is 14.9 Å². The van der Waals surface area contributed by atoms with Gasteiger partial charge in [-0.1, -0.05) is 13.3 Å². The summed E-state index contributed by atoms with van der Waals surface area (Å²) in [6.07, 6.45) is 5.61. The third-order valence-corrected chi connectivity index (χ3v) is 5.71. The van der Waals surface area contributed by atoms with E-state index in [1.807, 2.05) is 6.92 Å². The Morgan fingerprint density at radius 3 is 2.57 bits per heavy atom. The number of unbranched alkanes of at least 4 members (excludes halogenated alkanes) is 1.